The number of aryl methyl sites for hydroxylation is 2. The number of sulfonamides is 1. The summed E-state index contributed by atoms with van der Waals surface area (Å²) in [6, 6.07) is 35.2. The molecule has 180 valence electrons. The minimum atomic E-state index is -4.13. The Bertz CT molecular complexity index is 1460. The monoisotopic (exact) mass is 503 g/mol. The third-order valence-electron chi connectivity index (χ3n) is 5.97. The van der Waals surface area contributed by atoms with Gasteiger partial charge in [-0.3, -0.25) is 0 Å². The molecule has 2 unspecified atom stereocenters. The highest BCUT2D eigenvalue weighted by Gasteiger charge is 2.25. The quantitative estimate of drug-likeness (QED) is 0.258. The zero-order valence-corrected chi connectivity index (χ0v) is 21.3. The van der Waals surface area contributed by atoms with Gasteiger partial charge in [0.05, 0.1) is 14.6 Å². The van der Waals surface area contributed by atoms with Crippen molar-refractivity contribution in [2.45, 2.75) is 35.5 Å². The molecule has 0 spiro atoms. The molecule has 6 heteroatoms. The van der Waals surface area contributed by atoms with Gasteiger partial charge in [0, 0.05) is 10.6 Å². The van der Waals surface area contributed by atoms with Gasteiger partial charge in [-0.15, -0.1) is 3.77 Å². The van der Waals surface area contributed by atoms with E-state index >= 15 is 0 Å². The van der Waals surface area contributed by atoms with Gasteiger partial charge in [-0.1, -0.05) is 96.6 Å². The van der Waals surface area contributed by atoms with Crippen molar-refractivity contribution in [3.05, 3.63) is 132 Å². The van der Waals surface area contributed by atoms with Crippen LogP contribution in [0.3, 0.4) is 0 Å². The minimum Gasteiger partial charge on any atom is -0.244 e. The van der Waals surface area contributed by atoms with Crippen molar-refractivity contribution < 1.29 is 12.6 Å². The summed E-state index contributed by atoms with van der Waals surface area (Å²) in [5, 5.41) is 0. The van der Waals surface area contributed by atoms with Crippen molar-refractivity contribution in [3.63, 3.8) is 0 Å². The van der Waals surface area contributed by atoms with E-state index in [1.54, 1.807) is 36.4 Å². The maximum atomic E-state index is 14.5. The SMILES string of the molecule is Cc1ccc(S(=O)(=O)N=S(=O)(CC(CCc2ccccc2)c2ccccc2)c2ccccc2)cc1. The minimum absolute atomic E-state index is 0.0484. The number of rotatable bonds is 9. The average molecular weight is 504 g/mol. The number of benzene rings is 4. The first kappa shape index (κ1) is 24.9. The lowest BCUT2D eigenvalue weighted by Gasteiger charge is -2.20. The van der Waals surface area contributed by atoms with E-state index in [1.807, 2.05) is 61.5 Å². The Morgan fingerprint density at radius 1 is 0.657 bits per heavy atom. The van der Waals surface area contributed by atoms with E-state index in [0.717, 1.165) is 24.0 Å². The normalized spacial score (nSPS) is 14.1. The smallest absolute Gasteiger partial charge is 0.244 e. The highest BCUT2D eigenvalue weighted by molar-refractivity contribution is 8.03. The molecule has 0 aromatic heterocycles. The molecule has 0 fully saturated rings. The molecule has 0 N–H and O–H groups in total. The lowest BCUT2D eigenvalue weighted by molar-refractivity contribution is 0.597. The number of nitrogens with zero attached hydrogens (tertiary/aromatic N) is 1. The van der Waals surface area contributed by atoms with Crippen LogP contribution >= 0.6 is 0 Å². The number of hydrogen-bond donors (Lipinski definition) is 0. The molecule has 0 saturated carbocycles. The van der Waals surface area contributed by atoms with Crippen LogP contribution in [-0.2, 0) is 26.2 Å². The van der Waals surface area contributed by atoms with Gasteiger partial charge in [0.25, 0.3) is 10.0 Å². The van der Waals surface area contributed by atoms with Gasteiger partial charge in [0.1, 0.15) is 0 Å². The second kappa shape index (κ2) is 11.0. The fourth-order valence-corrected chi connectivity index (χ4v) is 8.40. The first-order valence-electron chi connectivity index (χ1n) is 11.6. The van der Waals surface area contributed by atoms with Crippen LogP contribution in [0.15, 0.2) is 129 Å². The second-order valence-electron chi connectivity index (χ2n) is 8.61. The molecule has 4 nitrogen and oxygen atoms in total. The summed E-state index contributed by atoms with van der Waals surface area (Å²) >= 11 is 0. The standard InChI is InChI=1S/C29H29NO3S2/c1-24-17-21-29(22-18-24)35(32,33)30-34(31,28-15-9-4-10-16-28)23-27(26-13-7-3-8-14-26)20-19-25-11-5-2-6-12-25/h2-18,21-22,27H,19-20,23H2,1H3. The van der Waals surface area contributed by atoms with Crippen LogP contribution in [0.1, 0.15) is 29.0 Å². The van der Waals surface area contributed by atoms with Gasteiger partial charge < -0.3 is 0 Å². The predicted octanol–water partition coefficient (Wildman–Crippen LogP) is 6.63. The van der Waals surface area contributed by atoms with Crippen LogP contribution in [0.5, 0.6) is 0 Å². The highest BCUT2D eigenvalue weighted by atomic mass is 32.3. The van der Waals surface area contributed by atoms with Crippen LogP contribution in [0.25, 0.3) is 0 Å². The van der Waals surface area contributed by atoms with E-state index in [9.17, 15) is 12.6 Å². The molecule has 4 rings (SSSR count). The zero-order valence-electron chi connectivity index (χ0n) is 19.7. The average Bonchev–Trinajstić information content (AvgIpc) is 2.88. The zero-order chi connectivity index (χ0) is 24.7. The van der Waals surface area contributed by atoms with Gasteiger partial charge in [0.2, 0.25) is 0 Å². The molecule has 0 aliphatic carbocycles. The molecule has 2 atom stereocenters. The summed E-state index contributed by atoms with van der Waals surface area (Å²) < 4.78 is 45.2. The third-order valence-corrected chi connectivity index (χ3v) is 10.5. The Hall–Kier alpha value is -3.22. The fourth-order valence-electron chi connectivity index (χ4n) is 4.04. The van der Waals surface area contributed by atoms with Crippen LogP contribution in [0, 0.1) is 6.92 Å². The molecule has 4 aromatic carbocycles. The van der Waals surface area contributed by atoms with E-state index in [0.29, 0.717) is 4.90 Å². The van der Waals surface area contributed by atoms with E-state index in [2.05, 4.69) is 15.9 Å². The summed E-state index contributed by atoms with van der Waals surface area (Å²) in [6.45, 7) is 1.89. The van der Waals surface area contributed by atoms with E-state index in [-0.39, 0.29) is 16.6 Å². The Labute approximate surface area is 208 Å². The predicted molar refractivity (Wildman–Crippen MR) is 142 cm³/mol. The fraction of sp³-hybridized carbons (Fsp3) is 0.172. The largest absolute Gasteiger partial charge is 0.290 e. The number of hydrogen-bond acceptors (Lipinski definition) is 3. The lowest BCUT2D eigenvalue weighted by Crippen LogP contribution is -2.18. The van der Waals surface area contributed by atoms with Crippen molar-refractivity contribution in [2.24, 2.45) is 3.77 Å². The van der Waals surface area contributed by atoms with Crippen molar-refractivity contribution in [3.8, 4) is 0 Å². The summed E-state index contributed by atoms with van der Waals surface area (Å²) in [5.41, 5.74) is 3.15. The highest BCUT2D eigenvalue weighted by Crippen LogP contribution is 2.29. The van der Waals surface area contributed by atoms with Gasteiger partial charge >= 0.3 is 0 Å². The molecule has 0 amide bonds. The second-order valence-corrected chi connectivity index (χ2v) is 12.7. The first-order chi connectivity index (χ1) is 16.9. The molecule has 35 heavy (non-hydrogen) atoms. The molecule has 0 bridgehead atoms. The van der Waals surface area contributed by atoms with E-state index in [1.165, 1.54) is 17.7 Å². The maximum Gasteiger partial charge on any atom is 0.290 e. The van der Waals surface area contributed by atoms with Gasteiger partial charge in [0.15, 0.2) is 0 Å². The third kappa shape index (κ3) is 6.47. The van der Waals surface area contributed by atoms with Crippen molar-refractivity contribution >= 4 is 19.8 Å². The van der Waals surface area contributed by atoms with E-state index in [4.69, 9.17) is 0 Å². The Kier molecular flexibility index (Phi) is 7.83. The lowest BCUT2D eigenvalue weighted by atomic mass is 9.94. The van der Waals surface area contributed by atoms with Gasteiger partial charge in [-0.2, -0.15) is 8.42 Å². The van der Waals surface area contributed by atoms with Crippen molar-refractivity contribution in [2.75, 3.05) is 5.75 Å². The molecular weight excluding hydrogens is 474 g/mol. The maximum absolute atomic E-state index is 14.5. The summed E-state index contributed by atoms with van der Waals surface area (Å²) in [7, 11) is -7.43. The van der Waals surface area contributed by atoms with Gasteiger partial charge in [-0.25, -0.2) is 4.21 Å². The molecular formula is C29H29NO3S2. The van der Waals surface area contributed by atoms with Crippen molar-refractivity contribution in [1.82, 2.24) is 0 Å². The molecule has 0 aliphatic rings. The Balaban J connectivity index is 1.77. The molecule has 0 radical (unpaired) electrons. The summed E-state index contributed by atoms with van der Waals surface area (Å²) in [4.78, 5) is 0.476. The summed E-state index contributed by atoms with van der Waals surface area (Å²) in [6.07, 6.45) is 1.51. The first-order valence-corrected chi connectivity index (χ1v) is 14.7. The van der Waals surface area contributed by atoms with Crippen LogP contribution in [0.2, 0.25) is 0 Å². The Morgan fingerprint density at radius 2 is 1.20 bits per heavy atom. The topological polar surface area (TPSA) is 63.6 Å². The van der Waals surface area contributed by atoms with Crippen LogP contribution in [-0.4, -0.2) is 18.4 Å². The summed E-state index contributed by atoms with van der Waals surface area (Å²) in [5.74, 6) is -0.0278. The molecule has 0 saturated heterocycles. The molecule has 0 aliphatic heterocycles. The van der Waals surface area contributed by atoms with Gasteiger partial charge in [-0.05, 0) is 61.1 Å². The molecule has 0 heterocycles. The molecule has 4 aromatic rings. The van der Waals surface area contributed by atoms with E-state index < -0.39 is 19.8 Å². The van der Waals surface area contributed by atoms with Crippen LogP contribution in [0.4, 0.5) is 0 Å². The Morgan fingerprint density at radius 3 is 1.80 bits per heavy atom. The van der Waals surface area contributed by atoms with Crippen LogP contribution < -0.4 is 0 Å². The van der Waals surface area contributed by atoms with Crippen molar-refractivity contribution in [1.29, 1.82) is 0 Å².